The minimum absolute atomic E-state index is 0.578. The summed E-state index contributed by atoms with van der Waals surface area (Å²) >= 11 is 0. The Morgan fingerprint density at radius 1 is 1.18 bits per heavy atom. The van der Waals surface area contributed by atoms with E-state index in [0.29, 0.717) is 5.92 Å². The standard InChI is InChI=1S/C18H24N4/c1-13(2)11-19-18-20-14(3)10-17(21-18)22-9-8-15-6-4-5-7-16(15)12-22/h4-7,10,13H,8-9,11-12H2,1-3H3,(H,19,20,21). The van der Waals surface area contributed by atoms with Gasteiger partial charge in [0.25, 0.3) is 0 Å². The van der Waals surface area contributed by atoms with Crippen molar-refractivity contribution in [3.05, 3.63) is 47.2 Å². The van der Waals surface area contributed by atoms with Crippen molar-refractivity contribution in [1.82, 2.24) is 9.97 Å². The van der Waals surface area contributed by atoms with Crippen LogP contribution in [-0.2, 0) is 13.0 Å². The molecule has 116 valence electrons. The molecule has 1 aromatic carbocycles. The molecule has 1 N–H and O–H groups in total. The molecule has 0 saturated carbocycles. The van der Waals surface area contributed by atoms with E-state index in [-0.39, 0.29) is 0 Å². The van der Waals surface area contributed by atoms with Crippen molar-refractivity contribution in [1.29, 1.82) is 0 Å². The van der Waals surface area contributed by atoms with Crippen LogP contribution in [0.1, 0.15) is 30.7 Å². The molecular weight excluding hydrogens is 272 g/mol. The lowest BCUT2D eigenvalue weighted by Crippen LogP contribution is -2.31. The minimum Gasteiger partial charge on any atom is -0.354 e. The van der Waals surface area contributed by atoms with Gasteiger partial charge in [-0.3, -0.25) is 0 Å². The molecule has 2 aromatic rings. The molecule has 4 heteroatoms. The molecule has 0 spiro atoms. The van der Waals surface area contributed by atoms with Gasteiger partial charge in [0, 0.05) is 31.4 Å². The van der Waals surface area contributed by atoms with E-state index < -0.39 is 0 Å². The molecule has 0 bridgehead atoms. The van der Waals surface area contributed by atoms with Crippen LogP contribution in [0.4, 0.5) is 11.8 Å². The van der Waals surface area contributed by atoms with Gasteiger partial charge in [0.05, 0.1) is 0 Å². The third-order valence-electron chi connectivity index (χ3n) is 3.96. The number of hydrogen-bond donors (Lipinski definition) is 1. The number of anilines is 2. The molecule has 0 radical (unpaired) electrons. The van der Waals surface area contributed by atoms with E-state index >= 15 is 0 Å². The SMILES string of the molecule is Cc1cc(N2CCc3ccccc3C2)nc(NCC(C)C)n1. The molecule has 0 aliphatic carbocycles. The van der Waals surface area contributed by atoms with Gasteiger partial charge in [-0.1, -0.05) is 38.1 Å². The van der Waals surface area contributed by atoms with Crippen LogP contribution in [0.25, 0.3) is 0 Å². The summed E-state index contributed by atoms with van der Waals surface area (Å²) < 4.78 is 0. The average Bonchev–Trinajstić information content (AvgIpc) is 2.52. The minimum atomic E-state index is 0.578. The summed E-state index contributed by atoms with van der Waals surface area (Å²) in [6, 6.07) is 10.8. The van der Waals surface area contributed by atoms with E-state index in [4.69, 9.17) is 4.98 Å². The molecule has 1 aliphatic rings. The molecule has 2 heterocycles. The molecular formula is C18H24N4. The maximum absolute atomic E-state index is 4.71. The average molecular weight is 296 g/mol. The normalized spacial score (nSPS) is 14.1. The molecule has 22 heavy (non-hydrogen) atoms. The third kappa shape index (κ3) is 3.38. The van der Waals surface area contributed by atoms with Gasteiger partial charge >= 0.3 is 0 Å². The van der Waals surface area contributed by atoms with Crippen molar-refractivity contribution < 1.29 is 0 Å². The van der Waals surface area contributed by atoms with Crippen molar-refractivity contribution in [3.63, 3.8) is 0 Å². The lowest BCUT2D eigenvalue weighted by atomic mass is 10.00. The zero-order valence-corrected chi connectivity index (χ0v) is 13.6. The lowest BCUT2D eigenvalue weighted by Gasteiger charge is -2.30. The highest BCUT2D eigenvalue weighted by molar-refractivity contribution is 5.48. The van der Waals surface area contributed by atoms with E-state index in [1.165, 1.54) is 11.1 Å². The zero-order valence-electron chi connectivity index (χ0n) is 13.6. The quantitative estimate of drug-likeness (QED) is 0.938. The fourth-order valence-corrected chi connectivity index (χ4v) is 2.78. The number of nitrogens with one attached hydrogen (secondary N) is 1. The summed E-state index contributed by atoms with van der Waals surface area (Å²) in [7, 11) is 0. The van der Waals surface area contributed by atoms with Gasteiger partial charge in [-0.15, -0.1) is 0 Å². The Labute approximate surface area is 132 Å². The first-order chi connectivity index (χ1) is 10.6. The summed E-state index contributed by atoms with van der Waals surface area (Å²) in [5, 5.41) is 3.33. The van der Waals surface area contributed by atoms with Crippen LogP contribution in [0.2, 0.25) is 0 Å². The molecule has 1 aliphatic heterocycles. The van der Waals surface area contributed by atoms with Gasteiger partial charge in [-0.05, 0) is 30.4 Å². The van der Waals surface area contributed by atoms with Gasteiger partial charge in [-0.2, -0.15) is 4.98 Å². The number of aryl methyl sites for hydroxylation is 1. The summed E-state index contributed by atoms with van der Waals surface area (Å²) in [4.78, 5) is 11.5. The maximum Gasteiger partial charge on any atom is 0.224 e. The van der Waals surface area contributed by atoms with Crippen LogP contribution in [0, 0.1) is 12.8 Å². The Kier molecular flexibility index (Phi) is 4.27. The van der Waals surface area contributed by atoms with Crippen LogP contribution in [-0.4, -0.2) is 23.1 Å². The monoisotopic (exact) mass is 296 g/mol. The van der Waals surface area contributed by atoms with Crippen molar-refractivity contribution >= 4 is 11.8 Å². The van der Waals surface area contributed by atoms with Crippen LogP contribution < -0.4 is 10.2 Å². The van der Waals surface area contributed by atoms with Crippen LogP contribution in [0.3, 0.4) is 0 Å². The first-order valence-corrected chi connectivity index (χ1v) is 8.03. The van der Waals surface area contributed by atoms with Gasteiger partial charge in [0.2, 0.25) is 5.95 Å². The van der Waals surface area contributed by atoms with E-state index in [1.54, 1.807) is 0 Å². The Morgan fingerprint density at radius 3 is 2.73 bits per heavy atom. The highest BCUT2D eigenvalue weighted by Crippen LogP contribution is 2.24. The molecule has 0 fully saturated rings. The number of nitrogens with zero attached hydrogens (tertiary/aromatic N) is 3. The molecule has 0 amide bonds. The van der Waals surface area contributed by atoms with Crippen molar-refractivity contribution in [2.45, 2.75) is 33.7 Å². The number of benzene rings is 1. The third-order valence-corrected chi connectivity index (χ3v) is 3.96. The Hall–Kier alpha value is -2.10. The van der Waals surface area contributed by atoms with Gasteiger partial charge < -0.3 is 10.2 Å². The van der Waals surface area contributed by atoms with Crippen LogP contribution >= 0.6 is 0 Å². The molecule has 1 aromatic heterocycles. The van der Waals surface area contributed by atoms with E-state index in [1.807, 2.05) is 6.92 Å². The molecule has 3 rings (SSSR count). The van der Waals surface area contributed by atoms with Crippen LogP contribution in [0.15, 0.2) is 30.3 Å². The first kappa shape index (κ1) is 14.8. The summed E-state index contributed by atoms with van der Waals surface area (Å²) in [5.41, 5.74) is 3.87. The summed E-state index contributed by atoms with van der Waals surface area (Å²) in [6.07, 6.45) is 1.08. The molecule has 4 nitrogen and oxygen atoms in total. The topological polar surface area (TPSA) is 41.1 Å². The van der Waals surface area contributed by atoms with Gasteiger partial charge in [0.15, 0.2) is 0 Å². The number of aromatic nitrogens is 2. The molecule has 0 saturated heterocycles. The smallest absolute Gasteiger partial charge is 0.224 e. The largest absolute Gasteiger partial charge is 0.354 e. The summed E-state index contributed by atoms with van der Waals surface area (Å²) in [5.74, 6) is 2.34. The van der Waals surface area contributed by atoms with Crippen LogP contribution in [0.5, 0.6) is 0 Å². The second kappa shape index (κ2) is 6.34. The van der Waals surface area contributed by atoms with Crippen molar-refractivity contribution in [2.75, 3.05) is 23.3 Å². The van der Waals surface area contributed by atoms with Gasteiger partial charge in [0.1, 0.15) is 5.82 Å². The lowest BCUT2D eigenvalue weighted by molar-refractivity contribution is 0.682. The molecule has 0 unspecified atom stereocenters. The second-order valence-corrected chi connectivity index (χ2v) is 6.41. The predicted molar refractivity (Wildman–Crippen MR) is 91.3 cm³/mol. The number of rotatable bonds is 4. The Morgan fingerprint density at radius 2 is 1.95 bits per heavy atom. The van der Waals surface area contributed by atoms with E-state index in [9.17, 15) is 0 Å². The fraction of sp³-hybridized carbons (Fsp3) is 0.444. The Bertz CT molecular complexity index is 651. The first-order valence-electron chi connectivity index (χ1n) is 8.03. The maximum atomic E-state index is 4.71. The van der Waals surface area contributed by atoms with Crippen molar-refractivity contribution in [3.8, 4) is 0 Å². The second-order valence-electron chi connectivity index (χ2n) is 6.41. The Balaban J connectivity index is 1.80. The van der Waals surface area contributed by atoms with Crippen molar-refractivity contribution in [2.24, 2.45) is 5.92 Å². The zero-order chi connectivity index (χ0) is 15.5. The predicted octanol–water partition coefficient (Wildman–Crippen LogP) is 3.42. The fourth-order valence-electron chi connectivity index (χ4n) is 2.78. The highest BCUT2D eigenvalue weighted by atomic mass is 15.2. The highest BCUT2D eigenvalue weighted by Gasteiger charge is 2.18. The van der Waals surface area contributed by atoms with Gasteiger partial charge in [-0.25, -0.2) is 4.98 Å². The summed E-state index contributed by atoms with van der Waals surface area (Å²) in [6.45, 7) is 9.24. The van der Waals surface area contributed by atoms with E-state index in [2.05, 4.69) is 59.4 Å². The number of fused-ring (bicyclic) bond motifs is 1. The number of hydrogen-bond acceptors (Lipinski definition) is 4. The van der Waals surface area contributed by atoms with E-state index in [0.717, 1.165) is 43.5 Å². The molecule has 0 atom stereocenters.